The molecular weight excluding hydrogens is 198 g/mol. The van der Waals surface area contributed by atoms with Crippen molar-refractivity contribution in [1.29, 1.82) is 0 Å². The Labute approximate surface area is 99.0 Å². The molecule has 0 aromatic heterocycles. The van der Waals surface area contributed by atoms with Gasteiger partial charge in [-0.05, 0) is 36.6 Å². The average molecular weight is 221 g/mol. The Balaban J connectivity index is 2.90. The lowest BCUT2D eigenvalue weighted by atomic mass is 9.85. The molecule has 1 rings (SSSR count). The topological polar surface area (TPSA) is 21.3 Å². The summed E-state index contributed by atoms with van der Waals surface area (Å²) in [6.45, 7) is 5.57. The highest BCUT2D eigenvalue weighted by Gasteiger charge is 2.17. The number of methoxy groups -OCH3 is 1. The second-order valence-corrected chi connectivity index (χ2v) is 4.33. The van der Waals surface area contributed by atoms with E-state index in [1.165, 1.54) is 12.0 Å². The maximum absolute atomic E-state index is 5.28. The molecule has 1 aromatic carbocycles. The summed E-state index contributed by atoms with van der Waals surface area (Å²) in [5, 5.41) is 3.28. The van der Waals surface area contributed by atoms with E-state index in [0.29, 0.717) is 11.8 Å². The van der Waals surface area contributed by atoms with Gasteiger partial charge in [0.1, 0.15) is 5.75 Å². The lowest BCUT2D eigenvalue weighted by Gasteiger charge is -2.23. The minimum atomic E-state index is 0.560. The summed E-state index contributed by atoms with van der Waals surface area (Å²) in [4.78, 5) is 0. The number of ether oxygens (including phenoxy) is 1. The Kier molecular flexibility index (Phi) is 5.33. The van der Waals surface area contributed by atoms with Crippen molar-refractivity contribution in [3.05, 3.63) is 29.8 Å². The molecule has 16 heavy (non-hydrogen) atoms. The van der Waals surface area contributed by atoms with Crippen LogP contribution in [0, 0.1) is 5.92 Å². The smallest absolute Gasteiger partial charge is 0.119 e. The molecule has 0 fully saturated rings. The van der Waals surface area contributed by atoms with Crippen molar-refractivity contribution in [1.82, 2.24) is 5.32 Å². The molecule has 1 aromatic rings. The zero-order valence-corrected chi connectivity index (χ0v) is 10.8. The molecule has 1 N–H and O–H groups in total. The van der Waals surface area contributed by atoms with Crippen LogP contribution in [0.25, 0.3) is 0 Å². The van der Waals surface area contributed by atoms with Crippen molar-refractivity contribution < 1.29 is 4.74 Å². The molecule has 0 heterocycles. The molecule has 2 unspecified atom stereocenters. The molecule has 0 radical (unpaired) electrons. The number of hydrogen-bond acceptors (Lipinski definition) is 2. The van der Waals surface area contributed by atoms with Crippen LogP contribution in [0.3, 0.4) is 0 Å². The van der Waals surface area contributed by atoms with Crippen LogP contribution in [-0.2, 0) is 0 Å². The van der Waals surface area contributed by atoms with Crippen LogP contribution in [0.1, 0.15) is 31.7 Å². The number of nitrogens with one attached hydrogen (secondary N) is 1. The average Bonchev–Trinajstić information content (AvgIpc) is 2.35. The molecule has 90 valence electrons. The quantitative estimate of drug-likeness (QED) is 0.797. The molecule has 2 atom stereocenters. The Bertz CT molecular complexity index is 311. The molecule has 0 amide bonds. The Morgan fingerprint density at radius 1 is 1.38 bits per heavy atom. The van der Waals surface area contributed by atoms with Crippen LogP contribution in [0.15, 0.2) is 24.3 Å². The van der Waals surface area contributed by atoms with E-state index in [2.05, 4.69) is 37.4 Å². The van der Waals surface area contributed by atoms with Gasteiger partial charge in [-0.3, -0.25) is 0 Å². The predicted octanol–water partition coefficient (Wildman–Crippen LogP) is 3.04. The van der Waals surface area contributed by atoms with E-state index in [0.717, 1.165) is 12.3 Å². The summed E-state index contributed by atoms with van der Waals surface area (Å²) in [6, 6.07) is 8.40. The van der Waals surface area contributed by atoms with Gasteiger partial charge >= 0.3 is 0 Å². The van der Waals surface area contributed by atoms with Crippen molar-refractivity contribution in [3.8, 4) is 5.75 Å². The van der Waals surface area contributed by atoms with Gasteiger partial charge in [0, 0.05) is 6.54 Å². The second kappa shape index (κ2) is 6.54. The molecule has 0 aliphatic rings. The number of benzene rings is 1. The molecule has 0 saturated carbocycles. The molecular formula is C14H23NO. The summed E-state index contributed by atoms with van der Waals surface area (Å²) in [5.41, 5.74) is 1.36. The van der Waals surface area contributed by atoms with Crippen molar-refractivity contribution in [3.63, 3.8) is 0 Å². The highest BCUT2D eigenvalue weighted by molar-refractivity contribution is 5.31. The zero-order chi connectivity index (χ0) is 12.0. The van der Waals surface area contributed by atoms with Crippen LogP contribution in [0.4, 0.5) is 0 Å². The minimum absolute atomic E-state index is 0.560. The van der Waals surface area contributed by atoms with Gasteiger partial charge in [0.2, 0.25) is 0 Å². The van der Waals surface area contributed by atoms with Gasteiger partial charge in [0.25, 0.3) is 0 Å². The van der Waals surface area contributed by atoms with E-state index in [9.17, 15) is 0 Å². The molecule has 0 aliphatic heterocycles. The van der Waals surface area contributed by atoms with Gasteiger partial charge in [-0.15, -0.1) is 0 Å². The maximum atomic E-state index is 5.28. The van der Waals surface area contributed by atoms with E-state index in [1.807, 2.05) is 13.1 Å². The van der Waals surface area contributed by atoms with Gasteiger partial charge in [0.05, 0.1) is 7.11 Å². The highest BCUT2D eigenvalue weighted by Crippen LogP contribution is 2.28. The van der Waals surface area contributed by atoms with Crippen molar-refractivity contribution in [2.45, 2.75) is 26.2 Å². The fourth-order valence-electron chi connectivity index (χ4n) is 2.02. The van der Waals surface area contributed by atoms with Gasteiger partial charge in [-0.2, -0.15) is 0 Å². The molecule has 0 spiro atoms. The fraction of sp³-hybridized carbons (Fsp3) is 0.571. The van der Waals surface area contributed by atoms with Crippen LogP contribution < -0.4 is 10.1 Å². The normalized spacial score (nSPS) is 14.5. The van der Waals surface area contributed by atoms with Crippen LogP contribution in [0.2, 0.25) is 0 Å². The molecule has 0 aliphatic carbocycles. The Morgan fingerprint density at radius 2 is 2.12 bits per heavy atom. The monoisotopic (exact) mass is 221 g/mol. The van der Waals surface area contributed by atoms with Gasteiger partial charge in [-0.1, -0.05) is 32.4 Å². The van der Waals surface area contributed by atoms with Crippen LogP contribution in [-0.4, -0.2) is 20.7 Å². The Morgan fingerprint density at radius 3 is 2.69 bits per heavy atom. The van der Waals surface area contributed by atoms with Crippen LogP contribution >= 0.6 is 0 Å². The van der Waals surface area contributed by atoms with E-state index in [-0.39, 0.29) is 0 Å². The number of likely N-dealkylation sites (N-methyl/N-ethyl adjacent to an activating group) is 1. The first kappa shape index (κ1) is 13.0. The lowest BCUT2D eigenvalue weighted by Crippen LogP contribution is -2.22. The van der Waals surface area contributed by atoms with Gasteiger partial charge < -0.3 is 10.1 Å². The summed E-state index contributed by atoms with van der Waals surface area (Å²) < 4.78 is 5.28. The first-order chi connectivity index (χ1) is 7.72. The Hall–Kier alpha value is -1.02. The first-order valence-corrected chi connectivity index (χ1v) is 6.01. The van der Waals surface area contributed by atoms with Gasteiger partial charge in [0.15, 0.2) is 0 Å². The summed E-state index contributed by atoms with van der Waals surface area (Å²) in [5.74, 6) is 2.19. The largest absolute Gasteiger partial charge is 0.497 e. The summed E-state index contributed by atoms with van der Waals surface area (Å²) in [7, 11) is 3.73. The third-order valence-corrected chi connectivity index (χ3v) is 3.28. The first-order valence-electron chi connectivity index (χ1n) is 6.01. The molecule has 2 nitrogen and oxygen atoms in total. The van der Waals surface area contributed by atoms with Crippen LogP contribution in [0.5, 0.6) is 5.75 Å². The SMILES string of the molecule is CCC(C)C(CNC)c1cccc(OC)c1. The summed E-state index contributed by atoms with van der Waals surface area (Å²) in [6.07, 6.45) is 1.20. The van der Waals surface area contributed by atoms with Crippen molar-refractivity contribution in [2.75, 3.05) is 20.7 Å². The maximum Gasteiger partial charge on any atom is 0.119 e. The second-order valence-electron chi connectivity index (χ2n) is 4.33. The summed E-state index contributed by atoms with van der Waals surface area (Å²) >= 11 is 0. The third-order valence-electron chi connectivity index (χ3n) is 3.28. The van der Waals surface area contributed by atoms with E-state index in [4.69, 9.17) is 4.74 Å². The van der Waals surface area contributed by atoms with E-state index >= 15 is 0 Å². The van der Waals surface area contributed by atoms with Crippen molar-refractivity contribution >= 4 is 0 Å². The fourth-order valence-corrected chi connectivity index (χ4v) is 2.02. The van der Waals surface area contributed by atoms with Crippen molar-refractivity contribution in [2.24, 2.45) is 5.92 Å². The highest BCUT2D eigenvalue weighted by atomic mass is 16.5. The molecule has 2 heteroatoms. The van der Waals surface area contributed by atoms with E-state index < -0.39 is 0 Å². The standard InChI is InChI=1S/C14H23NO/c1-5-11(2)14(10-15-3)12-7-6-8-13(9-12)16-4/h6-9,11,14-15H,5,10H2,1-4H3. The lowest BCUT2D eigenvalue weighted by molar-refractivity contribution is 0.407. The zero-order valence-electron chi connectivity index (χ0n) is 10.8. The molecule has 0 saturated heterocycles. The minimum Gasteiger partial charge on any atom is -0.497 e. The number of hydrogen-bond donors (Lipinski definition) is 1. The number of rotatable bonds is 6. The predicted molar refractivity (Wildman–Crippen MR) is 69.1 cm³/mol. The van der Waals surface area contributed by atoms with E-state index in [1.54, 1.807) is 7.11 Å². The van der Waals surface area contributed by atoms with Gasteiger partial charge in [-0.25, -0.2) is 0 Å². The third kappa shape index (κ3) is 3.24. The molecule has 0 bridgehead atoms.